The second kappa shape index (κ2) is 6.57. The maximum absolute atomic E-state index is 13.0. The van der Waals surface area contributed by atoms with Gasteiger partial charge in [-0.1, -0.05) is 0 Å². The highest BCUT2D eigenvalue weighted by atomic mass is 16.3. The molecule has 0 saturated heterocycles. The van der Waals surface area contributed by atoms with Gasteiger partial charge in [0.15, 0.2) is 11.4 Å². The molecule has 7 nitrogen and oxygen atoms in total. The second-order valence-electron chi connectivity index (χ2n) is 7.11. The zero-order valence-electron chi connectivity index (χ0n) is 15.0. The van der Waals surface area contributed by atoms with Gasteiger partial charge in [-0.05, 0) is 50.8 Å². The molecule has 3 aromatic rings. The SMILES string of the molecule is CC(C)n1ncc2c(C(=O)NC(CN)C3CC3)cc(-c3ccco3)nc21. The molecule has 136 valence electrons. The first kappa shape index (κ1) is 16.8. The van der Waals surface area contributed by atoms with Crippen LogP contribution >= 0.6 is 0 Å². The summed E-state index contributed by atoms with van der Waals surface area (Å²) >= 11 is 0. The van der Waals surface area contributed by atoms with E-state index in [-0.39, 0.29) is 18.0 Å². The Labute approximate surface area is 151 Å². The molecule has 0 bridgehead atoms. The Morgan fingerprint density at radius 2 is 2.27 bits per heavy atom. The Kier molecular flexibility index (Phi) is 4.24. The van der Waals surface area contributed by atoms with E-state index < -0.39 is 0 Å². The number of pyridine rings is 1. The van der Waals surface area contributed by atoms with Gasteiger partial charge < -0.3 is 15.5 Å². The van der Waals surface area contributed by atoms with E-state index in [0.717, 1.165) is 18.2 Å². The van der Waals surface area contributed by atoms with Gasteiger partial charge in [0.1, 0.15) is 5.69 Å². The zero-order chi connectivity index (χ0) is 18.3. The summed E-state index contributed by atoms with van der Waals surface area (Å²) in [5.74, 6) is 0.968. The van der Waals surface area contributed by atoms with Gasteiger partial charge in [-0.15, -0.1) is 0 Å². The quantitative estimate of drug-likeness (QED) is 0.710. The lowest BCUT2D eigenvalue weighted by molar-refractivity contribution is 0.0935. The van der Waals surface area contributed by atoms with E-state index in [9.17, 15) is 4.79 Å². The van der Waals surface area contributed by atoms with E-state index in [1.807, 2.05) is 24.6 Å². The summed E-state index contributed by atoms with van der Waals surface area (Å²) in [6.07, 6.45) is 5.55. The molecule has 26 heavy (non-hydrogen) atoms. The minimum atomic E-state index is -0.143. The third-order valence-electron chi connectivity index (χ3n) is 4.84. The van der Waals surface area contributed by atoms with E-state index in [1.165, 1.54) is 0 Å². The first-order chi connectivity index (χ1) is 12.6. The fraction of sp³-hybridized carbons (Fsp3) is 0.421. The third kappa shape index (κ3) is 2.99. The first-order valence-electron chi connectivity index (χ1n) is 9.01. The van der Waals surface area contributed by atoms with Crippen molar-refractivity contribution < 1.29 is 9.21 Å². The molecule has 7 heteroatoms. The van der Waals surface area contributed by atoms with Crippen LogP contribution in [0, 0.1) is 5.92 Å². The topological polar surface area (TPSA) is 99.0 Å². The van der Waals surface area contributed by atoms with Crippen LogP contribution in [0.5, 0.6) is 0 Å². The minimum Gasteiger partial charge on any atom is -0.463 e. The number of aromatic nitrogens is 3. The summed E-state index contributed by atoms with van der Waals surface area (Å²) in [6, 6.07) is 5.55. The number of amides is 1. The highest BCUT2D eigenvalue weighted by Gasteiger charge is 2.32. The summed E-state index contributed by atoms with van der Waals surface area (Å²) in [5, 5.41) is 8.25. The molecule has 3 heterocycles. The number of hydrogen-bond donors (Lipinski definition) is 2. The van der Waals surface area contributed by atoms with Crippen LogP contribution in [0.3, 0.4) is 0 Å². The van der Waals surface area contributed by atoms with Crippen LogP contribution in [0.25, 0.3) is 22.5 Å². The van der Waals surface area contributed by atoms with Crippen molar-refractivity contribution in [2.24, 2.45) is 11.7 Å². The van der Waals surface area contributed by atoms with E-state index >= 15 is 0 Å². The van der Waals surface area contributed by atoms with Crippen molar-refractivity contribution in [1.29, 1.82) is 0 Å². The molecule has 1 aliphatic rings. The highest BCUT2D eigenvalue weighted by Crippen LogP contribution is 2.33. The van der Waals surface area contributed by atoms with Crippen molar-refractivity contribution in [3.63, 3.8) is 0 Å². The third-order valence-corrected chi connectivity index (χ3v) is 4.84. The Morgan fingerprint density at radius 1 is 1.46 bits per heavy atom. The monoisotopic (exact) mass is 353 g/mol. The van der Waals surface area contributed by atoms with E-state index in [0.29, 0.717) is 35.1 Å². The number of rotatable bonds is 6. The summed E-state index contributed by atoms with van der Waals surface area (Å²) in [4.78, 5) is 17.7. The Morgan fingerprint density at radius 3 is 2.88 bits per heavy atom. The fourth-order valence-electron chi connectivity index (χ4n) is 3.25. The lowest BCUT2D eigenvalue weighted by Crippen LogP contribution is -2.41. The molecule has 1 saturated carbocycles. The minimum absolute atomic E-state index is 0.0120. The largest absolute Gasteiger partial charge is 0.463 e. The van der Waals surface area contributed by atoms with Crippen molar-refractivity contribution in [3.8, 4) is 11.5 Å². The van der Waals surface area contributed by atoms with Gasteiger partial charge in [-0.25, -0.2) is 9.67 Å². The molecule has 1 amide bonds. The molecule has 0 aliphatic heterocycles. The average molecular weight is 353 g/mol. The Hall–Kier alpha value is -2.67. The maximum Gasteiger partial charge on any atom is 0.252 e. The van der Waals surface area contributed by atoms with Gasteiger partial charge in [-0.2, -0.15) is 5.10 Å². The summed E-state index contributed by atoms with van der Waals surface area (Å²) < 4.78 is 7.31. The van der Waals surface area contributed by atoms with Crippen molar-refractivity contribution >= 4 is 16.9 Å². The lowest BCUT2D eigenvalue weighted by atomic mass is 10.1. The Balaban J connectivity index is 1.80. The number of nitrogens with zero attached hydrogens (tertiary/aromatic N) is 3. The van der Waals surface area contributed by atoms with Gasteiger partial charge in [-0.3, -0.25) is 4.79 Å². The molecular formula is C19H23N5O2. The molecule has 1 fully saturated rings. The number of fused-ring (bicyclic) bond motifs is 1. The average Bonchev–Trinajstić information content (AvgIpc) is 3.15. The normalized spacial score (nSPS) is 15.5. The summed E-state index contributed by atoms with van der Waals surface area (Å²) in [7, 11) is 0. The van der Waals surface area contributed by atoms with Crippen LogP contribution in [0.1, 0.15) is 43.1 Å². The molecule has 0 spiro atoms. The van der Waals surface area contributed by atoms with Crippen LogP contribution in [0.15, 0.2) is 35.1 Å². The molecule has 1 unspecified atom stereocenters. The van der Waals surface area contributed by atoms with Crippen LogP contribution in [0.2, 0.25) is 0 Å². The van der Waals surface area contributed by atoms with Gasteiger partial charge >= 0.3 is 0 Å². The molecule has 1 aliphatic carbocycles. The van der Waals surface area contributed by atoms with Crippen LogP contribution < -0.4 is 11.1 Å². The standard InChI is InChI=1S/C19H23N5O2/c1-11(2)24-18-14(10-21-24)13(8-15(22-18)17-4-3-7-26-17)19(25)23-16(9-20)12-5-6-12/h3-4,7-8,10-12,16H,5-6,9,20H2,1-2H3,(H,23,25). The van der Waals surface area contributed by atoms with E-state index in [2.05, 4.69) is 10.4 Å². The van der Waals surface area contributed by atoms with Gasteiger partial charge in [0.25, 0.3) is 5.91 Å². The molecule has 3 aromatic heterocycles. The van der Waals surface area contributed by atoms with E-state index in [4.69, 9.17) is 15.1 Å². The van der Waals surface area contributed by atoms with Crippen LogP contribution in [0.4, 0.5) is 0 Å². The summed E-state index contributed by atoms with van der Waals surface area (Å²) in [5.41, 5.74) is 7.69. The number of nitrogens with two attached hydrogens (primary N) is 1. The molecular weight excluding hydrogens is 330 g/mol. The molecule has 3 N–H and O–H groups in total. The van der Waals surface area contributed by atoms with Crippen molar-refractivity contribution in [3.05, 3.63) is 36.2 Å². The van der Waals surface area contributed by atoms with Crippen LogP contribution in [-0.4, -0.2) is 33.3 Å². The predicted octanol–water partition coefficient (Wildman–Crippen LogP) is 2.74. The van der Waals surface area contributed by atoms with Crippen LogP contribution in [-0.2, 0) is 0 Å². The van der Waals surface area contributed by atoms with Gasteiger partial charge in [0, 0.05) is 18.6 Å². The number of nitrogens with one attached hydrogen (secondary N) is 1. The predicted molar refractivity (Wildman–Crippen MR) is 98.6 cm³/mol. The zero-order valence-corrected chi connectivity index (χ0v) is 15.0. The molecule has 0 radical (unpaired) electrons. The highest BCUT2D eigenvalue weighted by molar-refractivity contribution is 6.06. The van der Waals surface area contributed by atoms with E-state index in [1.54, 1.807) is 24.6 Å². The second-order valence-corrected chi connectivity index (χ2v) is 7.11. The fourth-order valence-corrected chi connectivity index (χ4v) is 3.25. The number of carbonyl (C=O) groups excluding carboxylic acids is 1. The smallest absolute Gasteiger partial charge is 0.252 e. The number of carbonyl (C=O) groups is 1. The number of furan rings is 1. The number of hydrogen-bond acceptors (Lipinski definition) is 5. The maximum atomic E-state index is 13.0. The lowest BCUT2D eigenvalue weighted by Gasteiger charge is -2.16. The molecule has 4 rings (SSSR count). The summed E-state index contributed by atoms with van der Waals surface area (Å²) in [6.45, 7) is 4.51. The van der Waals surface area contributed by atoms with Crippen molar-refractivity contribution in [1.82, 2.24) is 20.1 Å². The van der Waals surface area contributed by atoms with Crippen molar-refractivity contribution in [2.75, 3.05) is 6.54 Å². The van der Waals surface area contributed by atoms with Crippen molar-refractivity contribution in [2.45, 2.75) is 38.8 Å². The van der Waals surface area contributed by atoms with Gasteiger partial charge in [0.05, 0.1) is 23.4 Å². The molecule has 1 atom stereocenters. The molecule has 0 aromatic carbocycles. The first-order valence-corrected chi connectivity index (χ1v) is 9.01. The Bertz CT molecular complexity index is 925. The van der Waals surface area contributed by atoms with Gasteiger partial charge in [0.2, 0.25) is 0 Å².